The molecule has 2 rings (SSSR count). The first-order chi connectivity index (χ1) is 9.29. The highest BCUT2D eigenvalue weighted by Gasteiger charge is 2.16. The van der Waals surface area contributed by atoms with E-state index in [9.17, 15) is 4.79 Å². The van der Waals surface area contributed by atoms with E-state index in [4.69, 9.17) is 10.5 Å². The quantitative estimate of drug-likeness (QED) is 0.647. The Hall–Kier alpha value is -1.19. The highest BCUT2D eigenvalue weighted by molar-refractivity contribution is 7.99. The molecule has 0 radical (unpaired) electrons. The Labute approximate surface area is 115 Å². The Bertz CT molecular complexity index is 406. The van der Waals surface area contributed by atoms with Crippen LogP contribution in [0.1, 0.15) is 12.8 Å². The molecule has 0 spiro atoms. The zero-order chi connectivity index (χ0) is 13.5. The lowest BCUT2D eigenvalue weighted by molar-refractivity contribution is -0.119. The number of carbonyl (C=O) groups excluding carboxylic acids is 1. The van der Waals surface area contributed by atoms with E-state index in [1.54, 1.807) is 4.68 Å². The second-order valence-electron chi connectivity index (χ2n) is 4.22. The van der Waals surface area contributed by atoms with Gasteiger partial charge in [-0.2, -0.15) is 0 Å². The van der Waals surface area contributed by atoms with Crippen LogP contribution in [0.5, 0.6) is 0 Å². The molecular weight excluding hydrogens is 268 g/mol. The minimum absolute atomic E-state index is 0.000742. The summed E-state index contributed by atoms with van der Waals surface area (Å²) in [5, 5.41) is 14.9. The van der Waals surface area contributed by atoms with Gasteiger partial charge in [0.05, 0.1) is 12.3 Å². The van der Waals surface area contributed by atoms with Crippen LogP contribution in [-0.2, 0) is 16.1 Å². The summed E-state index contributed by atoms with van der Waals surface area (Å²) in [5.74, 6) is 0.307. The lowest BCUT2D eigenvalue weighted by Crippen LogP contribution is -2.39. The average molecular weight is 286 g/mol. The molecule has 1 aliphatic rings. The van der Waals surface area contributed by atoms with Crippen molar-refractivity contribution in [3.05, 3.63) is 0 Å². The number of thioether (sulfide) groups is 1. The number of amides is 1. The molecule has 1 aliphatic heterocycles. The Balaban J connectivity index is 1.74. The monoisotopic (exact) mass is 286 g/mol. The number of carbonyl (C=O) groups is 1. The van der Waals surface area contributed by atoms with Crippen LogP contribution in [0.2, 0.25) is 0 Å². The molecule has 0 saturated carbocycles. The fourth-order valence-electron chi connectivity index (χ4n) is 1.80. The van der Waals surface area contributed by atoms with Crippen molar-refractivity contribution in [2.45, 2.75) is 30.6 Å². The maximum atomic E-state index is 11.8. The summed E-state index contributed by atoms with van der Waals surface area (Å²) >= 11 is 1.32. The number of aromatic nitrogens is 4. The van der Waals surface area contributed by atoms with Gasteiger partial charge in [-0.1, -0.05) is 11.8 Å². The molecule has 1 saturated heterocycles. The Morgan fingerprint density at radius 3 is 3.05 bits per heavy atom. The van der Waals surface area contributed by atoms with E-state index in [2.05, 4.69) is 20.8 Å². The summed E-state index contributed by atoms with van der Waals surface area (Å²) in [6, 6.07) is 0.224. The van der Waals surface area contributed by atoms with Gasteiger partial charge in [-0.15, -0.1) is 5.10 Å². The topological polar surface area (TPSA) is 108 Å². The molecule has 0 atom stereocenters. The molecule has 19 heavy (non-hydrogen) atoms. The lowest BCUT2D eigenvalue weighted by Gasteiger charge is -2.22. The summed E-state index contributed by atoms with van der Waals surface area (Å²) in [7, 11) is 0. The Morgan fingerprint density at radius 1 is 1.53 bits per heavy atom. The van der Waals surface area contributed by atoms with Gasteiger partial charge in [0.25, 0.3) is 0 Å². The number of tetrazole rings is 1. The number of ether oxygens (including phenoxy) is 1. The van der Waals surface area contributed by atoms with Crippen molar-refractivity contribution < 1.29 is 9.53 Å². The van der Waals surface area contributed by atoms with Crippen LogP contribution in [0.25, 0.3) is 0 Å². The number of rotatable bonds is 6. The van der Waals surface area contributed by atoms with Crippen molar-refractivity contribution >= 4 is 17.7 Å². The van der Waals surface area contributed by atoms with Gasteiger partial charge in [-0.05, 0) is 23.3 Å². The minimum Gasteiger partial charge on any atom is -0.381 e. The second-order valence-corrected chi connectivity index (χ2v) is 5.16. The lowest BCUT2D eigenvalue weighted by atomic mass is 10.1. The molecule has 0 bridgehead atoms. The van der Waals surface area contributed by atoms with Crippen molar-refractivity contribution in [3.63, 3.8) is 0 Å². The molecule has 1 amide bonds. The Kier molecular flexibility index (Phi) is 5.55. The number of nitrogens with two attached hydrogens (primary N) is 1. The molecule has 3 N–H and O–H groups in total. The maximum absolute atomic E-state index is 11.8. The second kappa shape index (κ2) is 7.41. The van der Waals surface area contributed by atoms with Crippen LogP contribution >= 0.6 is 11.8 Å². The normalized spacial score (nSPS) is 16.5. The van der Waals surface area contributed by atoms with E-state index in [1.807, 2.05) is 0 Å². The molecule has 0 unspecified atom stereocenters. The fraction of sp³-hybridized carbons (Fsp3) is 0.800. The summed E-state index contributed by atoms with van der Waals surface area (Å²) in [6.07, 6.45) is 1.75. The summed E-state index contributed by atoms with van der Waals surface area (Å²) in [4.78, 5) is 11.8. The van der Waals surface area contributed by atoms with Crippen LogP contribution < -0.4 is 11.1 Å². The predicted molar refractivity (Wildman–Crippen MR) is 69.6 cm³/mol. The first-order valence-electron chi connectivity index (χ1n) is 6.25. The van der Waals surface area contributed by atoms with Gasteiger partial charge < -0.3 is 15.8 Å². The van der Waals surface area contributed by atoms with Crippen molar-refractivity contribution in [2.75, 3.05) is 25.5 Å². The van der Waals surface area contributed by atoms with Crippen molar-refractivity contribution in [2.24, 2.45) is 5.73 Å². The van der Waals surface area contributed by atoms with E-state index in [-0.39, 0.29) is 11.9 Å². The van der Waals surface area contributed by atoms with Gasteiger partial charge in [0, 0.05) is 25.8 Å². The van der Waals surface area contributed by atoms with Crippen LogP contribution in [0.4, 0.5) is 0 Å². The highest BCUT2D eigenvalue weighted by Crippen LogP contribution is 2.13. The summed E-state index contributed by atoms with van der Waals surface area (Å²) < 4.78 is 6.85. The average Bonchev–Trinajstić information content (AvgIpc) is 2.85. The summed E-state index contributed by atoms with van der Waals surface area (Å²) in [5.41, 5.74) is 5.45. The molecule has 0 aromatic carbocycles. The van der Waals surface area contributed by atoms with Gasteiger partial charge in [0.2, 0.25) is 11.1 Å². The largest absolute Gasteiger partial charge is 0.381 e. The first-order valence-corrected chi connectivity index (χ1v) is 7.24. The van der Waals surface area contributed by atoms with E-state index in [1.165, 1.54) is 11.8 Å². The van der Waals surface area contributed by atoms with E-state index < -0.39 is 0 Å². The minimum atomic E-state index is -0.000742. The smallest absolute Gasteiger partial charge is 0.230 e. The van der Waals surface area contributed by atoms with Crippen LogP contribution in [0, 0.1) is 0 Å². The zero-order valence-corrected chi connectivity index (χ0v) is 11.4. The fourth-order valence-corrected chi connectivity index (χ4v) is 2.52. The van der Waals surface area contributed by atoms with E-state index in [0.717, 1.165) is 12.8 Å². The maximum Gasteiger partial charge on any atom is 0.230 e. The molecule has 106 valence electrons. The Morgan fingerprint density at radius 2 is 2.32 bits per heavy atom. The number of nitrogens with zero attached hydrogens (tertiary/aromatic N) is 4. The van der Waals surface area contributed by atoms with E-state index in [0.29, 0.717) is 37.2 Å². The number of nitrogens with one attached hydrogen (secondary N) is 1. The SMILES string of the molecule is NCCn1nnnc1SCC(=O)NC1CCOCC1. The molecular formula is C10H18N6O2S. The van der Waals surface area contributed by atoms with Crippen LogP contribution in [0.15, 0.2) is 5.16 Å². The van der Waals surface area contributed by atoms with Gasteiger partial charge in [-0.25, -0.2) is 4.68 Å². The highest BCUT2D eigenvalue weighted by atomic mass is 32.2. The van der Waals surface area contributed by atoms with Gasteiger partial charge in [0.15, 0.2) is 0 Å². The molecule has 8 nitrogen and oxygen atoms in total. The van der Waals surface area contributed by atoms with Gasteiger partial charge in [-0.3, -0.25) is 4.79 Å². The first kappa shape index (κ1) is 14.2. The van der Waals surface area contributed by atoms with Crippen molar-refractivity contribution in [1.82, 2.24) is 25.5 Å². The zero-order valence-electron chi connectivity index (χ0n) is 10.6. The molecule has 2 heterocycles. The predicted octanol–water partition coefficient (Wildman–Crippen LogP) is -0.981. The molecule has 1 aromatic heterocycles. The molecule has 1 aromatic rings. The third-order valence-corrected chi connectivity index (χ3v) is 3.72. The van der Waals surface area contributed by atoms with Crippen molar-refractivity contribution in [3.8, 4) is 0 Å². The molecule has 9 heteroatoms. The number of hydrogen-bond donors (Lipinski definition) is 2. The standard InChI is InChI=1S/C10H18N6O2S/c11-3-4-16-10(13-14-15-16)19-7-9(17)12-8-1-5-18-6-2-8/h8H,1-7,11H2,(H,12,17). The van der Waals surface area contributed by atoms with E-state index >= 15 is 0 Å². The third kappa shape index (κ3) is 4.44. The van der Waals surface area contributed by atoms with Crippen LogP contribution in [0.3, 0.4) is 0 Å². The number of hydrogen-bond acceptors (Lipinski definition) is 7. The molecule has 1 fully saturated rings. The van der Waals surface area contributed by atoms with Gasteiger partial charge >= 0.3 is 0 Å². The van der Waals surface area contributed by atoms with Crippen LogP contribution in [-0.4, -0.2) is 57.7 Å². The third-order valence-electron chi connectivity index (χ3n) is 2.76. The van der Waals surface area contributed by atoms with Gasteiger partial charge in [0.1, 0.15) is 0 Å². The molecule has 0 aliphatic carbocycles. The van der Waals surface area contributed by atoms with Crippen molar-refractivity contribution in [1.29, 1.82) is 0 Å². The summed E-state index contributed by atoms with van der Waals surface area (Å²) in [6.45, 7) is 2.45.